The first-order chi connectivity index (χ1) is 13.0. The molecule has 0 saturated carbocycles. The minimum absolute atomic E-state index is 0.0212. The van der Waals surface area contributed by atoms with Gasteiger partial charge >= 0.3 is 0 Å². The fourth-order valence-electron chi connectivity index (χ4n) is 2.22. The first-order valence-corrected chi connectivity index (χ1v) is 9.02. The molecule has 0 saturated heterocycles. The highest BCUT2D eigenvalue weighted by Gasteiger charge is 2.11. The summed E-state index contributed by atoms with van der Waals surface area (Å²) in [7, 11) is 0. The van der Waals surface area contributed by atoms with Crippen LogP contribution in [0, 0.1) is 0 Å². The number of carbonyl (C=O) groups excluding carboxylic acids is 1. The molecule has 0 aliphatic rings. The number of benzene rings is 2. The van der Waals surface area contributed by atoms with E-state index >= 15 is 0 Å². The van der Waals surface area contributed by atoms with Gasteiger partial charge in [-0.15, -0.1) is 0 Å². The zero-order chi connectivity index (χ0) is 19.2. The topological polar surface area (TPSA) is 63.2 Å². The molecule has 0 aliphatic carbocycles. The fraction of sp³-hybridized carbons (Fsp3) is 0.0526. The van der Waals surface area contributed by atoms with Gasteiger partial charge in [0.1, 0.15) is 5.02 Å². The number of rotatable bonds is 6. The summed E-state index contributed by atoms with van der Waals surface area (Å²) in [6, 6.07) is 15.7. The molecular formula is C19H14Cl3N3O2. The Bertz CT molecular complexity index is 966. The van der Waals surface area contributed by atoms with Gasteiger partial charge in [0.15, 0.2) is 5.75 Å². The molecular weight excluding hydrogens is 409 g/mol. The summed E-state index contributed by atoms with van der Waals surface area (Å²) in [5, 5.41) is 6.94. The van der Waals surface area contributed by atoms with Crippen molar-refractivity contribution < 1.29 is 9.53 Å². The summed E-state index contributed by atoms with van der Waals surface area (Å²) < 4.78 is 5.75. The Labute approximate surface area is 171 Å². The number of carbonyl (C=O) groups is 1. The smallest absolute Gasteiger partial charge is 0.243 e. The van der Waals surface area contributed by atoms with Gasteiger partial charge in [-0.1, -0.05) is 59.1 Å². The lowest BCUT2D eigenvalue weighted by molar-refractivity contribution is -0.114. The number of nitrogens with one attached hydrogen (secondary N) is 2. The average molecular weight is 423 g/mol. The molecule has 138 valence electrons. The number of amides is 1. The predicted molar refractivity (Wildman–Crippen MR) is 109 cm³/mol. The SMILES string of the molecule is O=C(CNc1ccccc1Oc1ncc(Cl)cc1Cl)Nc1ccccc1Cl. The molecule has 1 amide bonds. The Balaban J connectivity index is 1.67. The van der Waals surface area contributed by atoms with Crippen molar-refractivity contribution in [1.82, 2.24) is 4.98 Å². The number of halogens is 3. The molecule has 27 heavy (non-hydrogen) atoms. The second kappa shape index (κ2) is 8.95. The van der Waals surface area contributed by atoms with Crippen LogP contribution in [0.2, 0.25) is 15.1 Å². The van der Waals surface area contributed by atoms with Gasteiger partial charge in [0, 0.05) is 6.20 Å². The molecule has 0 unspecified atom stereocenters. The third-order valence-electron chi connectivity index (χ3n) is 3.46. The Hall–Kier alpha value is -2.47. The zero-order valence-electron chi connectivity index (χ0n) is 13.9. The van der Waals surface area contributed by atoms with E-state index in [9.17, 15) is 4.79 Å². The number of anilines is 2. The van der Waals surface area contributed by atoms with Crippen LogP contribution in [0.5, 0.6) is 11.6 Å². The van der Waals surface area contributed by atoms with E-state index in [1.165, 1.54) is 6.20 Å². The van der Waals surface area contributed by atoms with Gasteiger partial charge in [-0.3, -0.25) is 4.79 Å². The van der Waals surface area contributed by atoms with E-state index in [4.69, 9.17) is 39.5 Å². The molecule has 0 bridgehead atoms. The fourth-order valence-corrected chi connectivity index (χ4v) is 2.82. The lowest BCUT2D eigenvalue weighted by Gasteiger charge is -2.13. The maximum Gasteiger partial charge on any atom is 0.243 e. The van der Waals surface area contributed by atoms with Gasteiger partial charge in [0.2, 0.25) is 11.8 Å². The lowest BCUT2D eigenvalue weighted by atomic mass is 10.3. The third kappa shape index (κ3) is 5.26. The van der Waals surface area contributed by atoms with Gasteiger partial charge in [0.05, 0.1) is 28.0 Å². The highest BCUT2D eigenvalue weighted by molar-refractivity contribution is 6.35. The summed E-state index contributed by atoms with van der Waals surface area (Å²) in [4.78, 5) is 16.2. The van der Waals surface area contributed by atoms with E-state index in [1.807, 2.05) is 6.07 Å². The van der Waals surface area contributed by atoms with Crippen molar-refractivity contribution in [3.8, 4) is 11.6 Å². The van der Waals surface area contributed by atoms with Crippen LogP contribution in [0.25, 0.3) is 0 Å². The number of hydrogen-bond donors (Lipinski definition) is 2. The monoisotopic (exact) mass is 421 g/mol. The van der Waals surface area contributed by atoms with Crippen molar-refractivity contribution >= 4 is 52.1 Å². The van der Waals surface area contributed by atoms with E-state index in [1.54, 1.807) is 48.5 Å². The minimum atomic E-state index is -0.249. The molecule has 1 aromatic heterocycles. The molecule has 8 heteroatoms. The highest BCUT2D eigenvalue weighted by Crippen LogP contribution is 2.33. The van der Waals surface area contributed by atoms with Crippen molar-refractivity contribution in [3.05, 3.63) is 75.9 Å². The summed E-state index contributed by atoms with van der Waals surface area (Å²) >= 11 is 18.0. The summed E-state index contributed by atoms with van der Waals surface area (Å²) in [6.45, 7) is 0.0212. The van der Waals surface area contributed by atoms with E-state index in [0.29, 0.717) is 27.2 Å². The molecule has 0 aliphatic heterocycles. The van der Waals surface area contributed by atoms with E-state index < -0.39 is 0 Å². The van der Waals surface area contributed by atoms with Crippen LogP contribution in [0.1, 0.15) is 0 Å². The van der Waals surface area contributed by atoms with Crippen LogP contribution in [-0.4, -0.2) is 17.4 Å². The van der Waals surface area contributed by atoms with E-state index in [2.05, 4.69) is 15.6 Å². The Morgan fingerprint density at radius 1 is 0.963 bits per heavy atom. The largest absolute Gasteiger partial charge is 0.435 e. The number of pyridine rings is 1. The maximum atomic E-state index is 12.2. The molecule has 0 atom stereocenters. The molecule has 0 fully saturated rings. The lowest BCUT2D eigenvalue weighted by Crippen LogP contribution is -2.22. The Morgan fingerprint density at radius 2 is 1.67 bits per heavy atom. The van der Waals surface area contributed by atoms with Crippen LogP contribution >= 0.6 is 34.8 Å². The van der Waals surface area contributed by atoms with Crippen molar-refractivity contribution in [2.45, 2.75) is 0 Å². The van der Waals surface area contributed by atoms with Crippen LogP contribution in [0.3, 0.4) is 0 Å². The first-order valence-electron chi connectivity index (χ1n) is 7.89. The van der Waals surface area contributed by atoms with Crippen LogP contribution in [-0.2, 0) is 4.79 Å². The number of para-hydroxylation sites is 3. The third-order valence-corrected chi connectivity index (χ3v) is 4.26. The van der Waals surface area contributed by atoms with Gasteiger partial charge in [-0.05, 0) is 30.3 Å². The van der Waals surface area contributed by atoms with Crippen molar-refractivity contribution in [2.24, 2.45) is 0 Å². The molecule has 0 radical (unpaired) electrons. The summed E-state index contributed by atoms with van der Waals surface area (Å²) in [5.74, 6) is 0.441. The Kier molecular flexibility index (Phi) is 6.40. The van der Waals surface area contributed by atoms with Crippen molar-refractivity contribution in [3.63, 3.8) is 0 Å². The molecule has 2 aromatic carbocycles. The van der Waals surface area contributed by atoms with E-state index in [0.717, 1.165) is 0 Å². The number of aromatic nitrogens is 1. The molecule has 5 nitrogen and oxygen atoms in total. The highest BCUT2D eigenvalue weighted by atomic mass is 35.5. The molecule has 0 spiro atoms. The quantitative estimate of drug-likeness (QED) is 0.520. The van der Waals surface area contributed by atoms with Gasteiger partial charge in [-0.2, -0.15) is 0 Å². The van der Waals surface area contributed by atoms with Crippen LogP contribution < -0.4 is 15.4 Å². The molecule has 2 N–H and O–H groups in total. The van der Waals surface area contributed by atoms with Crippen LogP contribution in [0.15, 0.2) is 60.8 Å². The molecule has 1 heterocycles. The second-order valence-corrected chi connectivity index (χ2v) is 6.67. The standard InChI is InChI=1S/C19H14Cl3N3O2/c20-12-9-14(22)19(24-10-12)27-17-8-4-3-7-16(17)23-11-18(26)25-15-6-2-1-5-13(15)21/h1-10,23H,11H2,(H,25,26). The zero-order valence-corrected chi connectivity index (χ0v) is 16.1. The average Bonchev–Trinajstić information content (AvgIpc) is 2.65. The number of hydrogen-bond acceptors (Lipinski definition) is 4. The first kappa shape index (κ1) is 19.3. The maximum absolute atomic E-state index is 12.2. The Morgan fingerprint density at radius 3 is 2.41 bits per heavy atom. The van der Waals surface area contributed by atoms with E-state index in [-0.39, 0.29) is 23.4 Å². The van der Waals surface area contributed by atoms with Crippen LogP contribution in [0.4, 0.5) is 11.4 Å². The molecule has 3 aromatic rings. The van der Waals surface area contributed by atoms with Crippen molar-refractivity contribution in [1.29, 1.82) is 0 Å². The minimum Gasteiger partial charge on any atom is -0.435 e. The molecule has 3 rings (SSSR count). The summed E-state index contributed by atoms with van der Waals surface area (Å²) in [6.07, 6.45) is 1.44. The summed E-state index contributed by atoms with van der Waals surface area (Å²) in [5.41, 5.74) is 1.16. The van der Waals surface area contributed by atoms with Crippen molar-refractivity contribution in [2.75, 3.05) is 17.2 Å². The van der Waals surface area contributed by atoms with Gasteiger partial charge < -0.3 is 15.4 Å². The van der Waals surface area contributed by atoms with Gasteiger partial charge in [-0.25, -0.2) is 4.98 Å². The number of nitrogens with zero attached hydrogens (tertiary/aromatic N) is 1. The predicted octanol–water partition coefficient (Wildman–Crippen LogP) is 5.88. The second-order valence-electron chi connectivity index (χ2n) is 5.42. The normalized spacial score (nSPS) is 10.3. The number of ether oxygens (including phenoxy) is 1. The van der Waals surface area contributed by atoms with Gasteiger partial charge in [0.25, 0.3) is 0 Å².